The van der Waals surface area contributed by atoms with Gasteiger partial charge in [0.15, 0.2) is 0 Å². The number of para-hydroxylation sites is 1. The minimum Gasteiger partial charge on any atom is -0.494 e. The summed E-state index contributed by atoms with van der Waals surface area (Å²) in [4.78, 5) is 16.2. The van der Waals surface area contributed by atoms with Gasteiger partial charge in [0.2, 0.25) is 0 Å². The van der Waals surface area contributed by atoms with Crippen LogP contribution in [0.1, 0.15) is 6.92 Å². The van der Waals surface area contributed by atoms with Gasteiger partial charge in [-0.25, -0.2) is 9.69 Å². The molecule has 2 aromatic carbocycles. The molecule has 0 aliphatic carbocycles. The highest BCUT2D eigenvalue weighted by atomic mass is 16.6. The summed E-state index contributed by atoms with van der Waals surface area (Å²) in [6.45, 7) is 3.51. The fourth-order valence-corrected chi connectivity index (χ4v) is 2.20. The third-order valence-corrected chi connectivity index (χ3v) is 3.35. The molecule has 0 N–H and O–H groups in total. The monoisotopic (exact) mass is 328 g/mol. The van der Waals surface area contributed by atoms with E-state index in [4.69, 9.17) is 9.47 Å². The van der Waals surface area contributed by atoms with Gasteiger partial charge in [-0.2, -0.15) is 0 Å². The number of hydrogen-bond acceptors (Lipinski definition) is 4. The predicted molar refractivity (Wildman–Crippen MR) is 96.1 cm³/mol. The quantitative estimate of drug-likeness (QED) is 0.772. The van der Waals surface area contributed by atoms with Crippen LogP contribution in [0.4, 0.5) is 16.2 Å². The molecule has 0 heterocycles. The molecule has 5 nitrogen and oxygen atoms in total. The molecule has 2 rings (SSSR count). The van der Waals surface area contributed by atoms with E-state index in [1.54, 1.807) is 4.90 Å². The lowest BCUT2D eigenvalue weighted by Gasteiger charge is -2.23. The van der Waals surface area contributed by atoms with Gasteiger partial charge >= 0.3 is 6.09 Å². The fraction of sp³-hybridized carbons (Fsp3) is 0.316. The highest BCUT2D eigenvalue weighted by Gasteiger charge is 2.20. The van der Waals surface area contributed by atoms with E-state index in [2.05, 4.69) is 0 Å². The first kappa shape index (κ1) is 17.8. The standard InChI is InChI=1S/C19H24N2O3/c1-4-23-18-12-8-11-17(15-18)21(16-9-6-5-7-10-16)19(22)24-14-13-20(2)3/h5-12,15H,4,13-14H2,1-3H3. The number of rotatable bonds is 7. The molecular formula is C19H24N2O3. The Morgan fingerprint density at radius 2 is 1.71 bits per heavy atom. The summed E-state index contributed by atoms with van der Waals surface area (Å²) in [5.41, 5.74) is 1.46. The molecule has 0 saturated heterocycles. The summed E-state index contributed by atoms with van der Waals surface area (Å²) in [7, 11) is 3.88. The summed E-state index contributed by atoms with van der Waals surface area (Å²) in [5.74, 6) is 0.719. The maximum absolute atomic E-state index is 12.6. The zero-order valence-electron chi connectivity index (χ0n) is 14.4. The van der Waals surface area contributed by atoms with Gasteiger partial charge in [0.05, 0.1) is 18.0 Å². The summed E-state index contributed by atoms with van der Waals surface area (Å²) in [5, 5.41) is 0. The molecule has 24 heavy (non-hydrogen) atoms. The van der Waals surface area contributed by atoms with Crippen molar-refractivity contribution in [3.63, 3.8) is 0 Å². The van der Waals surface area contributed by atoms with Gasteiger partial charge in [-0.05, 0) is 45.3 Å². The van der Waals surface area contributed by atoms with Crippen LogP contribution in [-0.2, 0) is 4.74 Å². The van der Waals surface area contributed by atoms with Crippen LogP contribution in [0.5, 0.6) is 5.75 Å². The molecule has 0 aliphatic rings. The van der Waals surface area contributed by atoms with Crippen LogP contribution in [0.15, 0.2) is 54.6 Å². The number of ether oxygens (including phenoxy) is 2. The van der Waals surface area contributed by atoms with E-state index < -0.39 is 6.09 Å². The van der Waals surface area contributed by atoms with E-state index >= 15 is 0 Å². The molecule has 1 amide bonds. The second-order valence-electron chi connectivity index (χ2n) is 5.52. The minimum atomic E-state index is -0.406. The highest BCUT2D eigenvalue weighted by Crippen LogP contribution is 2.29. The maximum Gasteiger partial charge on any atom is 0.418 e. The molecule has 0 bridgehead atoms. The van der Waals surface area contributed by atoms with Crippen molar-refractivity contribution in [1.82, 2.24) is 4.90 Å². The van der Waals surface area contributed by atoms with Crippen molar-refractivity contribution in [3.8, 4) is 5.75 Å². The minimum absolute atomic E-state index is 0.334. The van der Waals surface area contributed by atoms with Gasteiger partial charge in [-0.15, -0.1) is 0 Å². The van der Waals surface area contributed by atoms with Crippen LogP contribution < -0.4 is 9.64 Å². The lowest BCUT2D eigenvalue weighted by atomic mass is 10.2. The van der Waals surface area contributed by atoms with Crippen LogP contribution >= 0.6 is 0 Å². The van der Waals surface area contributed by atoms with Crippen LogP contribution in [0.3, 0.4) is 0 Å². The summed E-state index contributed by atoms with van der Waals surface area (Å²) < 4.78 is 11.0. The van der Waals surface area contributed by atoms with Gasteiger partial charge < -0.3 is 14.4 Å². The molecule has 0 aliphatic heterocycles. The maximum atomic E-state index is 12.6. The average Bonchev–Trinajstić information content (AvgIpc) is 2.56. The van der Waals surface area contributed by atoms with E-state index in [9.17, 15) is 4.79 Å². The Labute approximate surface area is 143 Å². The van der Waals surface area contributed by atoms with Crippen LogP contribution in [-0.4, -0.2) is 44.8 Å². The zero-order valence-corrected chi connectivity index (χ0v) is 14.4. The molecule has 0 unspecified atom stereocenters. The van der Waals surface area contributed by atoms with Gasteiger partial charge in [-0.1, -0.05) is 24.3 Å². The first-order valence-corrected chi connectivity index (χ1v) is 8.01. The molecule has 0 radical (unpaired) electrons. The number of carbonyl (C=O) groups is 1. The van der Waals surface area contributed by atoms with Gasteiger partial charge in [-0.3, -0.25) is 0 Å². The molecule has 0 fully saturated rings. The summed E-state index contributed by atoms with van der Waals surface area (Å²) >= 11 is 0. The average molecular weight is 328 g/mol. The Kier molecular flexibility index (Phi) is 6.63. The van der Waals surface area contributed by atoms with Crippen LogP contribution in [0.25, 0.3) is 0 Å². The summed E-state index contributed by atoms with van der Waals surface area (Å²) in [6.07, 6.45) is -0.406. The number of carbonyl (C=O) groups excluding carboxylic acids is 1. The Morgan fingerprint density at radius 3 is 2.38 bits per heavy atom. The van der Waals surface area contributed by atoms with Crippen LogP contribution in [0, 0.1) is 0 Å². The fourth-order valence-electron chi connectivity index (χ4n) is 2.20. The van der Waals surface area contributed by atoms with E-state index in [0.29, 0.717) is 25.4 Å². The number of amides is 1. The third kappa shape index (κ3) is 4.99. The van der Waals surface area contributed by atoms with Crippen molar-refractivity contribution in [2.75, 3.05) is 38.8 Å². The van der Waals surface area contributed by atoms with Crippen molar-refractivity contribution in [2.45, 2.75) is 6.92 Å². The lowest BCUT2D eigenvalue weighted by Crippen LogP contribution is -2.29. The topological polar surface area (TPSA) is 42.0 Å². The second-order valence-corrected chi connectivity index (χ2v) is 5.52. The van der Waals surface area contributed by atoms with Crippen molar-refractivity contribution >= 4 is 17.5 Å². The highest BCUT2D eigenvalue weighted by molar-refractivity contribution is 5.96. The predicted octanol–water partition coefficient (Wildman–Crippen LogP) is 3.92. The lowest BCUT2D eigenvalue weighted by molar-refractivity contribution is 0.146. The zero-order chi connectivity index (χ0) is 17.4. The molecular weight excluding hydrogens is 304 g/mol. The van der Waals surface area contributed by atoms with Crippen molar-refractivity contribution in [2.24, 2.45) is 0 Å². The van der Waals surface area contributed by atoms with Gasteiger partial charge in [0, 0.05) is 12.6 Å². The molecule has 128 valence electrons. The van der Waals surface area contributed by atoms with Crippen molar-refractivity contribution in [1.29, 1.82) is 0 Å². The molecule has 0 aromatic heterocycles. The van der Waals surface area contributed by atoms with E-state index in [1.165, 1.54) is 0 Å². The number of likely N-dealkylation sites (N-methyl/N-ethyl adjacent to an activating group) is 1. The third-order valence-electron chi connectivity index (χ3n) is 3.35. The SMILES string of the molecule is CCOc1cccc(N(C(=O)OCCN(C)C)c2ccccc2)c1. The normalized spacial score (nSPS) is 10.5. The van der Waals surface area contributed by atoms with E-state index in [0.717, 1.165) is 11.4 Å². The molecule has 5 heteroatoms. The van der Waals surface area contributed by atoms with Gasteiger partial charge in [0.1, 0.15) is 12.4 Å². The smallest absolute Gasteiger partial charge is 0.418 e. The molecule has 0 spiro atoms. The Bertz CT molecular complexity index is 644. The van der Waals surface area contributed by atoms with Gasteiger partial charge in [0.25, 0.3) is 0 Å². The molecule has 2 aromatic rings. The van der Waals surface area contributed by atoms with Crippen LogP contribution in [0.2, 0.25) is 0 Å². The molecule has 0 atom stereocenters. The van der Waals surface area contributed by atoms with Crippen molar-refractivity contribution in [3.05, 3.63) is 54.6 Å². The van der Waals surface area contributed by atoms with E-state index in [1.807, 2.05) is 80.5 Å². The summed E-state index contributed by atoms with van der Waals surface area (Å²) in [6, 6.07) is 16.9. The number of nitrogens with zero attached hydrogens (tertiary/aromatic N) is 2. The Morgan fingerprint density at radius 1 is 1.00 bits per heavy atom. The second kappa shape index (κ2) is 8.93. The molecule has 0 saturated carbocycles. The Balaban J connectivity index is 2.26. The van der Waals surface area contributed by atoms with E-state index in [-0.39, 0.29) is 0 Å². The Hall–Kier alpha value is -2.53. The largest absolute Gasteiger partial charge is 0.494 e. The number of anilines is 2. The van der Waals surface area contributed by atoms with Crippen molar-refractivity contribution < 1.29 is 14.3 Å². The number of hydrogen-bond donors (Lipinski definition) is 0. The first-order chi connectivity index (χ1) is 11.6. The number of benzene rings is 2. The first-order valence-electron chi connectivity index (χ1n) is 8.01.